The lowest BCUT2D eigenvalue weighted by Gasteiger charge is -2.11. The molecule has 0 saturated heterocycles. The third kappa shape index (κ3) is 3.64. The molecule has 0 bridgehead atoms. The van der Waals surface area contributed by atoms with E-state index in [2.05, 4.69) is 15.9 Å². The van der Waals surface area contributed by atoms with E-state index in [1.54, 1.807) is 48.5 Å². The van der Waals surface area contributed by atoms with Gasteiger partial charge in [0.2, 0.25) is 15.8 Å². The number of anilines is 1. The number of methoxy groups -OCH3 is 1. The molecule has 148 valence electrons. The number of aromatic nitrogens is 1. The molecule has 1 aromatic heterocycles. The van der Waals surface area contributed by atoms with E-state index in [0.29, 0.717) is 15.8 Å². The average molecular weight is 474 g/mol. The Hall–Kier alpha value is -3.09. The van der Waals surface area contributed by atoms with Crippen molar-refractivity contribution >= 4 is 37.6 Å². The normalized spacial score (nSPS) is 11.1. The van der Waals surface area contributed by atoms with Crippen LogP contribution in [0.1, 0.15) is 21.6 Å². The highest BCUT2D eigenvalue weighted by atomic mass is 79.9. The lowest BCUT2D eigenvalue weighted by atomic mass is 9.97. The van der Waals surface area contributed by atoms with Gasteiger partial charge in [-0.1, -0.05) is 36.4 Å². The minimum Gasteiger partial charge on any atom is -0.496 e. The van der Waals surface area contributed by atoms with Crippen LogP contribution in [0.15, 0.2) is 53.0 Å². The number of rotatable bonds is 5. The monoisotopic (exact) mass is 473 g/mol. The highest BCUT2D eigenvalue weighted by molar-refractivity contribution is 9.10. The molecule has 0 unspecified atom stereocenters. The molecule has 0 aliphatic heterocycles. The Labute approximate surface area is 176 Å². The van der Waals surface area contributed by atoms with E-state index in [1.165, 1.54) is 7.11 Å². The van der Waals surface area contributed by atoms with Gasteiger partial charge < -0.3 is 10.5 Å². The summed E-state index contributed by atoms with van der Waals surface area (Å²) >= 11 is 3.37. The molecule has 3 rings (SSSR count). The molecule has 0 atom stereocenters. The number of nitrogen functional groups attached to an aromatic ring is 1. The minimum atomic E-state index is -3.98. The minimum absolute atomic E-state index is 0.0910. The van der Waals surface area contributed by atoms with Gasteiger partial charge in [0.1, 0.15) is 28.9 Å². The van der Waals surface area contributed by atoms with Gasteiger partial charge >= 0.3 is 0 Å². The Morgan fingerprint density at radius 2 is 1.86 bits per heavy atom. The second-order valence-electron chi connectivity index (χ2n) is 6.17. The standard InChI is InChI=1S/C20H16BrN3O4S/c1-28-16-9-8-13(10-15(16)21)17-14(11-22)20(23)24(29(2,26)27)18(17)19(25)12-6-4-3-5-7-12/h3-10H,23H2,1-2H3. The van der Waals surface area contributed by atoms with Gasteiger partial charge in [-0.05, 0) is 33.6 Å². The summed E-state index contributed by atoms with van der Waals surface area (Å²) in [4.78, 5) is 13.3. The van der Waals surface area contributed by atoms with E-state index in [0.717, 1.165) is 10.2 Å². The molecule has 2 N–H and O–H groups in total. The van der Waals surface area contributed by atoms with Crippen LogP contribution >= 0.6 is 15.9 Å². The van der Waals surface area contributed by atoms with Crippen molar-refractivity contribution in [2.45, 2.75) is 0 Å². The van der Waals surface area contributed by atoms with E-state index in [-0.39, 0.29) is 28.2 Å². The van der Waals surface area contributed by atoms with Crippen LogP contribution in [0.25, 0.3) is 11.1 Å². The van der Waals surface area contributed by atoms with Gasteiger partial charge in [0.25, 0.3) is 0 Å². The summed E-state index contributed by atoms with van der Waals surface area (Å²) in [7, 11) is -2.47. The van der Waals surface area contributed by atoms with E-state index >= 15 is 0 Å². The first kappa shape index (κ1) is 20.6. The Morgan fingerprint density at radius 1 is 1.21 bits per heavy atom. The fraction of sp³-hybridized carbons (Fsp3) is 0.100. The zero-order valence-corrected chi connectivity index (χ0v) is 17.9. The fourth-order valence-corrected chi connectivity index (χ4v) is 4.56. The van der Waals surface area contributed by atoms with Gasteiger partial charge in [0.05, 0.1) is 17.8 Å². The average Bonchev–Trinajstić information content (AvgIpc) is 3.00. The molecule has 0 fully saturated rings. The van der Waals surface area contributed by atoms with Crippen LogP contribution in [0.2, 0.25) is 0 Å². The van der Waals surface area contributed by atoms with Crippen LogP contribution in [0, 0.1) is 11.3 Å². The Morgan fingerprint density at radius 3 is 2.38 bits per heavy atom. The molecule has 3 aromatic rings. The largest absolute Gasteiger partial charge is 0.496 e. The number of benzene rings is 2. The fourth-order valence-electron chi connectivity index (χ4n) is 3.06. The van der Waals surface area contributed by atoms with Crippen molar-refractivity contribution in [3.63, 3.8) is 0 Å². The zero-order valence-electron chi connectivity index (χ0n) is 15.5. The number of carbonyl (C=O) groups excluding carboxylic acids is 1. The Kier molecular flexibility index (Phi) is 5.50. The van der Waals surface area contributed by atoms with Crippen LogP contribution in [0.5, 0.6) is 5.75 Å². The summed E-state index contributed by atoms with van der Waals surface area (Å²) in [6.07, 6.45) is 0.931. The molecule has 1 heterocycles. The van der Waals surface area contributed by atoms with Crippen molar-refractivity contribution in [3.05, 3.63) is 69.8 Å². The van der Waals surface area contributed by atoms with Crippen molar-refractivity contribution in [2.24, 2.45) is 0 Å². The van der Waals surface area contributed by atoms with Crippen LogP contribution < -0.4 is 10.5 Å². The molecule has 0 saturated carbocycles. The molecule has 0 radical (unpaired) electrons. The van der Waals surface area contributed by atoms with Crippen molar-refractivity contribution in [3.8, 4) is 22.9 Å². The lowest BCUT2D eigenvalue weighted by Crippen LogP contribution is -2.19. The topological polar surface area (TPSA) is 115 Å². The van der Waals surface area contributed by atoms with E-state index in [9.17, 15) is 18.5 Å². The first-order valence-electron chi connectivity index (χ1n) is 8.29. The van der Waals surface area contributed by atoms with Crippen molar-refractivity contribution in [1.29, 1.82) is 5.26 Å². The summed E-state index contributed by atoms with van der Waals surface area (Å²) in [5.74, 6) is -0.332. The van der Waals surface area contributed by atoms with E-state index in [4.69, 9.17) is 10.5 Å². The predicted molar refractivity (Wildman–Crippen MR) is 113 cm³/mol. The van der Waals surface area contributed by atoms with Gasteiger partial charge in [-0.15, -0.1) is 0 Å². The molecule has 7 nitrogen and oxygen atoms in total. The molecule has 29 heavy (non-hydrogen) atoms. The maximum atomic E-state index is 13.3. The third-order valence-corrected chi connectivity index (χ3v) is 5.96. The maximum absolute atomic E-state index is 13.3. The maximum Gasteiger partial charge on any atom is 0.237 e. The van der Waals surface area contributed by atoms with Crippen LogP contribution in [0.4, 0.5) is 5.82 Å². The van der Waals surface area contributed by atoms with Crippen LogP contribution in [-0.2, 0) is 10.0 Å². The molecule has 0 aliphatic rings. The van der Waals surface area contributed by atoms with E-state index < -0.39 is 15.8 Å². The Balaban J connectivity index is 2.43. The molecule has 0 amide bonds. The van der Waals surface area contributed by atoms with Crippen molar-refractivity contribution < 1.29 is 17.9 Å². The molecule has 0 spiro atoms. The number of ketones is 1. The second-order valence-corrected chi connectivity index (χ2v) is 8.85. The first-order chi connectivity index (χ1) is 13.7. The summed E-state index contributed by atoms with van der Waals surface area (Å²) in [5, 5.41) is 9.70. The first-order valence-corrected chi connectivity index (χ1v) is 10.9. The van der Waals surface area contributed by atoms with E-state index in [1.807, 2.05) is 6.07 Å². The summed E-state index contributed by atoms with van der Waals surface area (Å²) in [6.45, 7) is 0. The van der Waals surface area contributed by atoms with Gasteiger partial charge in [-0.2, -0.15) is 5.26 Å². The van der Waals surface area contributed by atoms with Gasteiger partial charge in [-0.3, -0.25) is 4.79 Å². The summed E-state index contributed by atoms with van der Waals surface area (Å²) < 4.78 is 31.5. The van der Waals surface area contributed by atoms with Gasteiger partial charge in [0, 0.05) is 11.1 Å². The van der Waals surface area contributed by atoms with Crippen LogP contribution in [0.3, 0.4) is 0 Å². The highest BCUT2D eigenvalue weighted by Crippen LogP contribution is 2.39. The summed E-state index contributed by atoms with van der Waals surface area (Å²) in [6, 6.07) is 15.1. The molecule has 2 aromatic carbocycles. The number of nitrogens with zero attached hydrogens (tertiary/aromatic N) is 2. The van der Waals surface area contributed by atoms with Gasteiger partial charge in [-0.25, -0.2) is 12.4 Å². The van der Waals surface area contributed by atoms with Crippen LogP contribution in [-0.4, -0.2) is 31.5 Å². The number of hydrogen-bond donors (Lipinski definition) is 1. The molecular weight excluding hydrogens is 458 g/mol. The SMILES string of the molecule is COc1ccc(-c2c(C#N)c(N)n(S(C)(=O)=O)c2C(=O)c2ccccc2)cc1Br. The number of carbonyl (C=O) groups is 1. The number of hydrogen-bond acceptors (Lipinski definition) is 6. The number of halogens is 1. The molecular formula is C20H16BrN3O4S. The second kappa shape index (κ2) is 7.73. The summed E-state index contributed by atoms with van der Waals surface area (Å²) in [5.41, 5.74) is 6.60. The van der Waals surface area contributed by atoms with Gasteiger partial charge in [0.15, 0.2) is 0 Å². The van der Waals surface area contributed by atoms with Crippen molar-refractivity contribution in [1.82, 2.24) is 3.97 Å². The number of ether oxygens (including phenoxy) is 1. The zero-order chi connectivity index (χ0) is 21.3. The quantitative estimate of drug-likeness (QED) is 0.567. The molecule has 0 aliphatic carbocycles. The smallest absolute Gasteiger partial charge is 0.237 e. The molecule has 9 heteroatoms. The highest BCUT2D eigenvalue weighted by Gasteiger charge is 2.31. The Bertz CT molecular complexity index is 1260. The third-order valence-electron chi connectivity index (χ3n) is 4.30. The number of nitrogens with two attached hydrogens (primary N) is 1. The number of nitriles is 1. The predicted octanol–water partition coefficient (Wildman–Crippen LogP) is 3.42. The van der Waals surface area contributed by atoms with Crippen molar-refractivity contribution in [2.75, 3.05) is 19.1 Å². The lowest BCUT2D eigenvalue weighted by molar-refractivity contribution is 0.103.